The first-order valence-electron chi connectivity index (χ1n) is 10.7. The molecule has 0 spiro atoms. The fourth-order valence-electron chi connectivity index (χ4n) is 3.77. The first-order valence-corrected chi connectivity index (χ1v) is 11.9. The molecule has 0 fully saturated rings. The van der Waals surface area contributed by atoms with Gasteiger partial charge in [-0.25, -0.2) is 19.1 Å². The average Bonchev–Trinajstić information content (AvgIpc) is 3.20. The second-order valence-corrected chi connectivity index (χ2v) is 9.88. The van der Waals surface area contributed by atoms with E-state index in [0.717, 1.165) is 25.4 Å². The van der Waals surface area contributed by atoms with Gasteiger partial charge in [0.25, 0.3) is 0 Å². The summed E-state index contributed by atoms with van der Waals surface area (Å²) in [7, 11) is 0. The van der Waals surface area contributed by atoms with Gasteiger partial charge in [-0.15, -0.1) is 0 Å². The molecule has 2 aromatic carbocycles. The standard InChI is InChI=1S/C22H24ClN7O4S/c1-12(9-19(31)34-25)29-21(32)28(11-14-3-5-15(23)6-4-14)20(30(24)22(29)33)27-16-7-8-18-17(10-16)26-13(2)35-18/h3-8,10,12-13,26H,9,11,24-25H2,1-2H3/t12-,13?/m0/s1. The number of anilines is 1. The van der Waals surface area contributed by atoms with E-state index in [9.17, 15) is 14.4 Å². The minimum Gasteiger partial charge on any atom is -0.373 e. The Kier molecular flexibility index (Phi) is 7.05. The summed E-state index contributed by atoms with van der Waals surface area (Å²) in [6, 6.07) is 11.5. The molecule has 13 heteroatoms. The van der Waals surface area contributed by atoms with Gasteiger partial charge in [0.2, 0.25) is 5.62 Å². The molecular formula is C22H24ClN7O4S. The first kappa shape index (κ1) is 24.6. The average molecular weight is 518 g/mol. The molecular weight excluding hydrogens is 494 g/mol. The smallest absolute Gasteiger partial charge is 0.354 e. The fraction of sp³-hybridized carbons (Fsp3) is 0.273. The van der Waals surface area contributed by atoms with Crippen LogP contribution in [0.1, 0.15) is 31.9 Å². The van der Waals surface area contributed by atoms with E-state index in [1.165, 1.54) is 11.5 Å². The molecule has 2 heterocycles. The zero-order chi connectivity index (χ0) is 25.3. The monoisotopic (exact) mass is 517 g/mol. The van der Waals surface area contributed by atoms with Crippen molar-refractivity contribution in [2.45, 2.75) is 43.1 Å². The highest BCUT2D eigenvalue weighted by Crippen LogP contribution is 2.39. The normalized spacial score (nSPS) is 16.0. The molecule has 2 atom stereocenters. The number of carbonyl (C=O) groups excluding carboxylic acids is 1. The highest BCUT2D eigenvalue weighted by atomic mass is 35.5. The summed E-state index contributed by atoms with van der Waals surface area (Å²) in [5.74, 6) is 10.3. The van der Waals surface area contributed by atoms with Gasteiger partial charge in [0.05, 0.1) is 35.8 Å². The summed E-state index contributed by atoms with van der Waals surface area (Å²) in [4.78, 5) is 48.2. The Morgan fingerprint density at radius 1 is 1.23 bits per heavy atom. The summed E-state index contributed by atoms with van der Waals surface area (Å²) in [6.07, 6.45) is -0.296. The number of carbonyl (C=O) groups is 1. The van der Waals surface area contributed by atoms with Crippen molar-refractivity contribution in [2.75, 3.05) is 11.2 Å². The molecule has 1 aromatic heterocycles. The predicted octanol–water partition coefficient (Wildman–Crippen LogP) is 1.69. The Bertz CT molecular complexity index is 1460. The largest absolute Gasteiger partial charge is 0.373 e. The number of hydrogen-bond acceptors (Lipinski definition) is 9. The third kappa shape index (κ3) is 5.14. The maximum atomic E-state index is 13.5. The molecule has 0 aliphatic carbocycles. The maximum absolute atomic E-state index is 13.5. The van der Waals surface area contributed by atoms with Crippen molar-refractivity contribution in [1.29, 1.82) is 0 Å². The minimum absolute atomic E-state index is 0.0520. The summed E-state index contributed by atoms with van der Waals surface area (Å²) >= 11 is 7.68. The van der Waals surface area contributed by atoms with E-state index >= 15 is 0 Å². The predicted molar refractivity (Wildman–Crippen MR) is 134 cm³/mol. The number of fused-ring (bicyclic) bond motifs is 1. The molecule has 0 radical (unpaired) electrons. The van der Waals surface area contributed by atoms with Crippen LogP contribution < -0.4 is 34.1 Å². The number of thioether (sulfide) groups is 1. The van der Waals surface area contributed by atoms with Crippen LogP contribution in [0.5, 0.6) is 0 Å². The molecule has 184 valence electrons. The van der Waals surface area contributed by atoms with Crippen molar-refractivity contribution in [3.63, 3.8) is 0 Å². The van der Waals surface area contributed by atoms with Crippen LogP contribution in [-0.4, -0.2) is 25.2 Å². The van der Waals surface area contributed by atoms with E-state index in [1.807, 2.05) is 19.1 Å². The number of nitrogen functional groups attached to an aromatic ring is 1. The van der Waals surface area contributed by atoms with Crippen molar-refractivity contribution < 1.29 is 9.63 Å². The van der Waals surface area contributed by atoms with Crippen molar-refractivity contribution in [1.82, 2.24) is 13.8 Å². The van der Waals surface area contributed by atoms with Gasteiger partial charge in [0, 0.05) is 9.92 Å². The molecule has 0 amide bonds. The van der Waals surface area contributed by atoms with Gasteiger partial charge < -0.3 is 16.0 Å². The number of hydrogen-bond donors (Lipinski definition) is 3. The molecule has 4 rings (SSSR count). The van der Waals surface area contributed by atoms with Gasteiger partial charge in [0.1, 0.15) is 0 Å². The van der Waals surface area contributed by atoms with E-state index in [2.05, 4.69) is 15.1 Å². The van der Waals surface area contributed by atoms with Gasteiger partial charge in [-0.1, -0.05) is 35.5 Å². The lowest BCUT2D eigenvalue weighted by Gasteiger charge is -2.18. The fourth-order valence-corrected chi connectivity index (χ4v) is 4.85. The van der Waals surface area contributed by atoms with Gasteiger partial charge in [-0.3, -0.25) is 9.36 Å². The number of nitrogens with one attached hydrogen (secondary N) is 1. The zero-order valence-electron chi connectivity index (χ0n) is 19.0. The molecule has 0 bridgehead atoms. The highest BCUT2D eigenvalue weighted by Gasteiger charge is 2.21. The van der Waals surface area contributed by atoms with Gasteiger partial charge in [-0.2, -0.15) is 10.6 Å². The van der Waals surface area contributed by atoms with Crippen molar-refractivity contribution in [2.24, 2.45) is 10.9 Å². The van der Waals surface area contributed by atoms with E-state index in [4.69, 9.17) is 23.3 Å². The van der Waals surface area contributed by atoms with Gasteiger partial charge in [0.15, 0.2) is 0 Å². The number of aromatic nitrogens is 3. The Hall–Kier alpha value is -3.48. The lowest BCUT2D eigenvalue weighted by Crippen LogP contribution is -2.58. The first-order chi connectivity index (χ1) is 16.7. The number of rotatable bonds is 6. The van der Waals surface area contributed by atoms with Crippen LogP contribution >= 0.6 is 23.4 Å². The van der Waals surface area contributed by atoms with Gasteiger partial charge in [-0.05, 0) is 49.7 Å². The molecule has 0 saturated carbocycles. The summed E-state index contributed by atoms with van der Waals surface area (Å²) < 4.78 is 2.95. The highest BCUT2D eigenvalue weighted by molar-refractivity contribution is 8.00. The van der Waals surface area contributed by atoms with Crippen molar-refractivity contribution >= 4 is 40.7 Å². The van der Waals surface area contributed by atoms with Crippen LogP contribution in [0.4, 0.5) is 11.4 Å². The quantitative estimate of drug-likeness (QED) is 0.330. The third-order valence-electron chi connectivity index (χ3n) is 5.45. The molecule has 3 aromatic rings. The minimum atomic E-state index is -0.867. The molecule has 1 aliphatic heterocycles. The number of nitrogens with zero attached hydrogens (tertiary/aromatic N) is 4. The number of benzene rings is 2. The third-order valence-corrected chi connectivity index (χ3v) is 6.78. The lowest BCUT2D eigenvalue weighted by molar-refractivity contribution is -0.145. The Morgan fingerprint density at radius 2 is 1.94 bits per heavy atom. The van der Waals surface area contributed by atoms with Crippen LogP contribution in [0.3, 0.4) is 0 Å². The van der Waals surface area contributed by atoms with Crippen molar-refractivity contribution in [3.05, 3.63) is 79.6 Å². The lowest BCUT2D eigenvalue weighted by atomic mass is 10.2. The second-order valence-electron chi connectivity index (χ2n) is 8.06. The number of nitrogens with two attached hydrogens (primary N) is 2. The summed E-state index contributed by atoms with van der Waals surface area (Å²) in [6.45, 7) is 3.62. The second kappa shape index (κ2) is 10.0. The number of halogens is 1. The Labute approximate surface area is 208 Å². The van der Waals surface area contributed by atoms with Crippen LogP contribution in [-0.2, 0) is 16.2 Å². The topological polar surface area (TPSA) is 152 Å². The molecule has 1 unspecified atom stereocenters. The Balaban J connectivity index is 1.91. The van der Waals surface area contributed by atoms with E-state index in [0.29, 0.717) is 10.7 Å². The molecule has 1 aliphatic rings. The SMILES string of the molecule is CC1Nc2cc(N=c3n(N)c(=O)n([C@@H](C)CC(=O)ON)c(=O)n3Cc3ccc(Cl)cc3)ccc2S1. The molecule has 0 saturated heterocycles. The molecule has 35 heavy (non-hydrogen) atoms. The van der Waals surface area contributed by atoms with Crippen LogP contribution in [0.25, 0.3) is 0 Å². The molecule has 11 nitrogen and oxygen atoms in total. The summed E-state index contributed by atoms with van der Waals surface area (Å²) in [5.41, 5.74) is 0.562. The Morgan fingerprint density at radius 3 is 2.63 bits per heavy atom. The van der Waals surface area contributed by atoms with Crippen LogP contribution in [0.2, 0.25) is 5.02 Å². The van der Waals surface area contributed by atoms with Crippen molar-refractivity contribution in [3.8, 4) is 0 Å². The van der Waals surface area contributed by atoms with E-state index < -0.39 is 23.4 Å². The molecule has 5 N–H and O–H groups in total. The zero-order valence-corrected chi connectivity index (χ0v) is 20.5. The van der Waals surface area contributed by atoms with E-state index in [-0.39, 0.29) is 24.0 Å². The van der Waals surface area contributed by atoms with Crippen LogP contribution in [0, 0.1) is 0 Å². The van der Waals surface area contributed by atoms with Gasteiger partial charge >= 0.3 is 17.3 Å². The summed E-state index contributed by atoms with van der Waals surface area (Å²) in [5, 5.41) is 4.09. The van der Waals surface area contributed by atoms with E-state index in [1.54, 1.807) is 42.1 Å². The maximum Gasteiger partial charge on any atom is 0.354 e. The van der Waals surface area contributed by atoms with Crippen LogP contribution in [0.15, 0.2) is 61.9 Å².